The molecular weight excluding hydrogens is 202 g/mol. The Morgan fingerprint density at radius 3 is 2.56 bits per heavy atom. The number of hydrogen-bond acceptors (Lipinski definition) is 4. The first-order chi connectivity index (χ1) is 7.84. The van der Waals surface area contributed by atoms with Crippen LogP contribution in [0.3, 0.4) is 0 Å². The molecule has 0 atom stereocenters. The lowest BCUT2D eigenvalue weighted by Gasteiger charge is -2.03. The van der Waals surface area contributed by atoms with Gasteiger partial charge >= 0.3 is 0 Å². The zero-order valence-corrected chi connectivity index (χ0v) is 8.80. The minimum absolute atomic E-state index is 0.290. The lowest BCUT2D eigenvalue weighted by molar-refractivity contribution is 0.475. The minimum Gasteiger partial charge on any atom is -0.508 e. The van der Waals surface area contributed by atoms with E-state index in [2.05, 4.69) is 15.5 Å². The molecule has 0 aliphatic heterocycles. The second-order valence-electron chi connectivity index (χ2n) is 3.48. The molecule has 0 bridgehead atoms. The standard InChI is InChI=1S/C12H13N3O/c16-12-5-3-10(4-6-12)8-13-9-11-2-1-7-14-15-11/h1-7,13,16H,8-9H2. The van der Waals surface area contributed by atoms with E-state index in [1.807, 2.05) is 24.3 Å². The summed E-state index contributed by atoms with van der Waals surface area (Å²) in [6.45, 7) is 1.44. The molecule has 0 radical (unpaired) electrons. The molecule has 0 spiro atoms. The Bertz CT molecular complexity index is 428. The van der Waals surface area contributed by atoms with Crippen molar-refractivity contribution in [2.75, 3.05) is 0 Å². The van der Waals surface area contributed by atoms with E-state index < -0.39 is 0 Å². The number of aromatic nitrogens is 2. The third-order valence-electron chi connectivity index (χ3n) is 2.20. The maximum atomic E-state index is 9.12. The van der Waals surface area contributed by atoms with Crippen molar-refractivity contribution in [3.05, 3.63) is 53.9 Å². The zero-order chi connectivity index (χ0) is 11.2. The average Bonchev–Trinajstić information content (AvgIpc) is 2.33. The molecule has 0 aliphatic rings. The van der Waals surface area contributed by atoms with Crippen molar-refractivity contribution in [2.45, 2.75) is 13.1 Å². The monoisotopic (exact) mass is 215 g/mol. The van der Waals surface area contributed by atoms with Crippen LogP contribution < -0.4 is 5.32 Å². The molecule has 2 aromatic rings. The first-order valence-corrected chi connectivity index (χ1v) is 5.10. The molecule has 82 valence electrons. The van der Waals surface area contributed by atoms with Crippen LogP contribution in [0.15, 0.2) is 42.6 Å². The second kappa shape index (κ2) is 5.23. The van der Waals surface area contributed by atoms with Crippen LogP contribution in [0.5, 0.6) is 5.75 Å². The lowest BCUT2D eigenvalue weighted by Crippen LogP contribution is -2.13. The van der Waals surface area contributed by atoms with E-state index in [0.717, 1.165) is 17.8 Å². The van der Waals surface area contributed by atoms with Crippen LogP contribution in [-0.4, -0.2) is 15.3 Å². The highest BCUT2D eigenvalue weighted by molar-refractivity contribution is 5.25. The van der Waals surface area contributed by atoms with E-state index in [1.165, 1.54) is 0 Å². The molecule has 0 fully saturated rings. The molecule has 16 heavy (non-hydrogen) atoms. The predicted molar refractivity (Wildman–Crippen MR) is 60.7 cm³/mol. The van der Waals surface area contributed by atoms with Gasteiger partial charge in [-0.1, -0.05) is 12.1 Å². The zero-order valence-electron chi connectivity index (χ0n) is 8.80. The Morgan fingerprint density at radius 2 is 1.88 bits per heavy atom. The smallest absolute Gasteiger partial charge is 0.115 e. The summed E-state index contributed by atoms with van der Waals surface area (Å²) in [5.41, 5.74) is 2.04. The van der Waals surface area contributed by atoms with Gasteiger partial charge in [0.15, 0.2) is 0 Å². The van der Waals surface area contributed by atoms with Gasteiger partial charge in [0, 0.05) is 19.3 Å². The first kappa shape index (κ1) is 10.6. The number of benzene rings is 1. The molecule has 1 heterocycles. The molecule has 1 aromatic carbocycles. The maximum Gasteiger partial charge on any atom is 0.115 e. The fourth-order valence-electron chi connectivity index (χ4n) is 1.38. The van der Waals surface area contributed by atoms with Crippen molar-refractivity contribution in [3.63, 3.8) is 0 Å². The summed E-state index contributed by atoms with van der Waals surface area (Å²) >= 11 is 0. The van der Waals surface area contributed by atoms with Crippen LogP contribution in [-0.2, 0) is 13.1 Å². The lowest BCUT2D eigenvalue weighted by atomic mass is 10.2. The Hall–Kier alpha value is -1.94. The third kappa shape index (κ3) is 3.03. The van der Waals surface area contributed by atoms with Crippen LogP contribution >= 0.6 is 0 Å². The van der Waals surface area contributed by atoms with Gasteiger partial charge in [0.1, 0.15) is 5.75 Å². The van der Waals surface area contributed by atoms with Crippen LogP contribution in [0.1, 0.15) is 11.3 Å². The van der Waals surface area contributed by atoms with Gasteiger partial charge in [0.25, 0.3) is 0 Å². The summed E-state index contributed by atoms with van der Waals surface area (Å²) in [5, 5.41) is 20.1. The SMILES string of the molecule is Oc1ccc(CNCc2cccnn2)cc1. The summed E-state index contributed by atoms with van der Waals surface area (Å²) in [4.78, 5) is 0. The van der Waals surface area contributed by atoms with Gasteiger partial charge in [0.2, 0.25) is 0 Å². The number of phenolic OH excluding ortho intramolecular Hbond substituents is 1. The Morgan fingerprint density at radius 1 is 1.06 bits per heavy atom. The van der Waals surface area contributed by atoms with Gasteiger partial charge < -0.3 is 10.4 Å². The van der Waals surface area contributed by atoms with Crippen molar-refractivity contribution < 1.29 is 5.11 Å². The topological polar surface area (TPSA) is 58.0 Å². The van der Waals surface area contributed by atoms with Gasteiger partial charge in [0.05, 0.1) is 5.69 Å². The van der Waals surface area contributed by atoms with Crippen LogP contribution in [0.2, 0.25) is 0 Å². The number of nitrogens with one attached hydrogen (secondary N) is 1. The molecule has 4 heteroatoms. The van der Waals surface area contributed by atoms with Crippen LogP contribution in [0.4, 0.5) is 0 Å². The number of rotatable bonds is 4. The van der Waals surface area contributed by atoms with Crippen molar-refractivity contribution in [3.8, 4) is 5.75 Å². The highest BCUT2D eigenvalue weighted by Gasteiger charge is 1.95. The van der Waals surface area contributed by atoms with Gasteiger partial charge in [-0.2, -0.15) is 10.2 Å². The second-order valence-corrected chi connectivity index (χ2v) is 3.48. The number of nitrogens with zero attached hydrogens (tertiary/aromatic N) is 2. The average molecular weight is 215 g/mol. The fraction of sp³-hybridized carbons (Fsp3) is 0.167. The molecule has 0 aliphatic carbocycles. The van der Waals surface area contributed by atoms with Crippen molar-refractivity contribution in [2.24, 2.45) is 0 Å². The number of phenols is 1. The van der Waals surface area contributed by atoms with Crippen molar-refractivity contribution >= 4 is 0 Å². The predicted octanol–water partition coefficient (Wildman–Crippen LogP) is 1.47. The quantitative estimate of drug-likeness (QED) is 0.811. The Kier molecular flexibility index (Phi) is 3.46. The van der Waals surface area contributed by atoms with Gasteiger partial charge in [-0.15, -0.1) is 0 Å². The van der Waals surface area contributed by atoms with Gasteiger partial charge in [-0.3, -0.25) is 0 Å². The van der Waals surface area contributed by atoms with E-state index in [4.69, 9.17) is 5.11 Å². The van der Waals surface area contributed by atoms with Gasteiger partial charge in [-0.05, 0) is 29.8 Å². The van der Waals surface area contributed by atoms with Gasteiger partial charge in [-0.25, -0.2) is 0 Å². The molecule has 0 amide bonds. The van der Waals surface area contributed by atoms with E-state index in [0.29, 0.717) is 6.54 Å². The van der Waals surface area contributed by atoms with Crippen LogP contribution in [0.25, 0.3) is 0 Å². The first-order valence-electron chi connectivity index (χ1n) is 5.10. The molecule has 0 saturated heterocycles. The maximum absolute atomic E-state index is 9.12. The molecule has 0 saturated carbocycles. The van der Waals surface area contributed by atoms with E-state index in [-0.39, 0.29) is 5.75 Å². The summed E-state index contributed by atoms with van der Waals surface area (Å²) < 4.78 is 0. The molecule has 2 rings (SSSR count). The molecule has 4 nitrogen and oxygen atoms in total. The number of hydrogen-bond donors (Lipinski definition) is 2. The van der Waals surface area contributed by atoms with Crippen molar-refractivity contribution in [1.29, 1.82) is 0 Å². The molecule has 0 unspecified atom stereocenters. The van der Waals surface area contributed by atoms with E-state index >= 15 is 0 Å². The summed E-state index contributed by atoms with van der Waals surface area (Å²) in [6.07, 6.45) is 1.66. The summed E-state index contributed by atoms with van der Waals surface area (Å²) in [7, 11) is 0. The van der Waals surface area contributed by atoms with Crippen LogP contribution in [0, 0.1) is 0 Å². The largest absolute Gasteiger partial charge is 0.508 e. The highest BCUT2D eigenvalue weighted by Crippen LogP contribution is 2.09. The van der Waals surface area contributed by atoms with Crippen molar-refractivity contribution in [1.82, 2.24) is 15.5 Å². The van der Waals surface area contributed by atoms with E-state index in [1.54, 1.807) is 18.3 Å². The normalized spacial score (nSPS) is 10.2. The fourth-order valence-corrected chi connectivity index (χ4v) is 1.38. The molecule has 2 N–H and O–H groups in total. The minimum atomic E-state index is 0.290. The Labute approximate surface area is 94.0 Å². The Balaban J connectivity index is 1.82. The summed E-state index contributed by atoms with van der Waals surface area (Å²) in [5.74, 6) is 0.290. The third-order valence-corrected chi connectivity index (χ3v) is 2.20. The number of aromatic hydroxyl groups is 1. The molecule has 1 aromatic heterocycles. The van der Waals surface area contributed by atoms with E-state index in [9.17, 15) is 0 Å². The molecular formula is C12H13N3O. The highest BCUT2D eigenvalue weighted by atomic mass is 16.3. The summed E-state index contributed by atoms with van der Waals surface area (Å²) in [6, 6.07) is 10.9.